The lowest BCUT2D eigenvalue weighted by Gasteiger charge is -2.37. The second-order valence-electron chi connectivity index (χ2n) is 5.68. The quantitative estimate of drug-likeness (QED) is 0.776. The zero-order chi connectivity index (χ0) is 16.0. The van der Waals surface area contributed by atoms with Gasteiger partial charge in [0.2, 0.25) is 11.8 Å². The highest BCUT2D eigenvalue weighted by atomic mass is 16.4. The smallest absolute Gasteiger partial charge is 0.310 e. The summed E-state index contributed by atoms with van der Waals surface area (Å²) in [6.07, 6.45) is 3.18. The number of nitrogens with one attached hydrogen (secondary N) is 1. The third-order valence-electron chi connectivity index (χ3n) is 4.67. The summed E-state index contributed by atoms with van der Waals surface area (Å²) in [5.74, 6) is -1.33. The molecule has 1 atom stereocenters. The van der Waals surface area contributed by atoms with E-state index in [9.17, 15) is 19.5 Å². The van der Waals surface area contributed by atoms with E-state index in [1.807, 2.05) is 0 Å². The molecule has 2 N–H and O–H groups in total. The molecule has 1 heterocycles. The van der Waals surface area contributed by atoms with Crippen molar-refractivity contribution in [2.24, 2.45) is 5.41 Å². The SMILES string of the molecule is CCC(CC)(CC(=O)N1CCCCC1C(=O)NC)C(=O)O. The van der Waals surface area contributed by atoms with Gasteiger partial charge in [0.25, 0.3) is 0 Å². The zero-order valence-corrected chi connectivity index (χ0v) is 13.1. The van der Waals surface area contributed by atoms with Crippen molar-refractivity contribution in [3.63, 3.8) is 0 Å². The standard InChI is InChI=1S/C15H26N2O4/c1-4-15(5-2,14(20)21)10-12(18)17-9-7-6-8-11(17)13(19)16-3/h11H,4-10H2,1-3H3,(H,16,19)(H,20,21). The first-order chi connectivity index (χ1) is 9.91. The largest absolute Gasteiger partial charge is 0.481 e. The Balaban J connectivity index is 2.89. The highest BCUT2D eigenvalue weighted by Crippen LogP contribution is 2.33. The molecule has 0 aliphatic carbocycles. The number of carbonyl (C=O) groups is 3. The molecule has 1 rings (SSSR count). The van der Waals surface area contributed by atoms with Crippen molar-refractivity contribution in [3.8, 4) is 0 Å². The summed E-state index contributed by atoms with van der Waals surface area (Å²) >= 11 is 0. The molecular weight excluding hydrogens is 272 g/mol. The molecule has 6 nitrogen and oxygen atoms in total. The average molecular weight is 298 g/mol. The van der Waals surface area contributed by atoms with Crippen molar-refractivity contribution >= 4 is 17.8 Å². The average Bonchev–Trinajstić information content (AvgIpc) is 2.51. The van der Waals surface area contributed by atoms with Crippen LogP contribution >= 0.6 is 0 Å². The van der Waals surface area contributed by atoms with Crippen molar-refractivity contribution < 1.29 is 19.5 Å². The monoisotopic (exact) mass is 298 g/mol. The predicted molar refractivity (Wildman–Crippen MR) is 78.7 cm³/mol. The maximum atomic E-state index is 12.5. The summed E-state index contributed by atoms with van der Waals surface area (Å²) in [7, 11) is 1.55. The Labute approximate surface area is 125 Å². The van der Waals surface area contributed by atoms with Gasteiger partial charge in [-0.05, 0) is 32.1 Å². The Bertz CT molecular complexity index is 404. The van der Waals surface area contributed by atoms with E-state index in [1.54, 1.807) is 25.8 Å². The number of carboxylic acids is 1. The van der Waals surface area contributed by atoms with Crippen LogP contribution in [0.25, 0.3) is 0 Å². The fraction of sp³-hybridized carbons (Fsp3) is 0.800. The molecule has 21 heavy (non-hydrogen) atoms. The summed E-state index contributed by atoms with van der Waals surface area (Å²) < 4.78 is 0. The Morgan fingerprint density at radius 3 is 2.33 bits per heavy atom. The first-order valence-corrected chi connectivity index (χ1v) is 7.66. The number of likely N-dealkylation sites (tertiary alicyclic amines) is 1. The third-order valence-corrected chi connectivity index (χ3v) is 4.67. The fourth-order valence-corrected chi connectivity index (χ4v) is 2.94. The van der Waals surface area contributed by atoms with E-state index in [1.165, 1.54) is 0 Å². The van der Waals surface area contributed by atoms with Crippen molar-refractivity contribution in [1.82, 2.24) is 10.2 Å². The van der Waals surface area contributed by atoms with E-state index < -0.39 is 17.4 Å². The minimum absolute atomic E-state index is 0.0389. The minimum atomic E-state index is -1.03. The topological polar surface area (TPSA) is 86.7 Å². The summed E-state index contributed by atoms with van der Waals surface area (Å²) in [5.41, 5.74) is -1.03. The molecule has 1 fully saturated rings. The molecule has 120 valence electrons. The van der Waals surface area contributed by atoms with E-state index in [-0.39, 0.29) is 18.2 Å². The van der Waals surface area contributed by atoms with Gasteiger partial charge in [-0.1, -0.05) is 13.8 Å². The van der Waals surface area contributed by atoms with Gasteiger partial charge in [-0.2, -0.15) is 0 Å². The van der Waals surface area contributed by atoms with Crippen LogP contribution in [0.2, 0.25) is 0 Å². The van der Waals surface area contributed by atoms with Crippen LogP contribution in [-0.2, 0) is 14.4 Å². The second-order valence-corrected chi connectivity index (χ2v) is 5.68. The lowest BCUT2D eigenvalue weighted by atomic mass is 9.78. The van der Waals surface area contributed by atoms with Gasteiger partial charge in [-0.3, -0.25) is 14.4 Å². The number of hydrogen-bond donors (Lipinski definition) is 2. The Kier molecular flexibility index (Phi) is 6.18. The lowest BCUT2D eigenvalue weighted by molar-refractivity contribution is -0.156. The number of carbonyl (C=O) groups excluding carboxylic acids is 2. The number of rotatable bonds is 6. The number of carboxylic acid groups (broad SMARTS) is 1. The first kappa shape index (κ1) is 17.5. The van der Waals surface area contributed by atoms with Crippen LogP contribution in [0.15, 0.2) is 0 Å². The summed E-state index contributed by atoms with van der Waals surface area (Å²) in [6.45, 7) is 4.11. The molecule has 0 saturated carbocycles. The van der Waals surface area contributed by atoms with Gasteiger partial charge in [-0.15, -0.1) is 0 Å². The van der Waals surface area contributed by atoms with Crippen molar-refractivity contribution in [3.05, 3.63) is 0 Å². The van der Waals surface area contributed by atoms with Crippen LogP contribution in [0, 0.1) is 5.41 Å². The van der Waals surface area contributed by atoms with Gasteiger partial charge in [0.1, 0.15) is 6.04 Å². The molecular formula is C15H26N2O4. The molecule has 0 bridgehead atoms. The van der Waals surface area contributed by atoms with E-state index in [0.717, 1.165) is 12.8 Å². The third kappa shape index (κ3) is 3.74. The van der Waals surface area contributed by atoms with Gasteiger partial charge in [-0.25, -0.2) is 0 Å². The van der Waals surface area contributed by atoms with Gasteiger partial charge in [0, 0.05) is 20.0 Å². The van der Waals surface area contributed by atoms with Crippen molar-refractivity contribution in [2.75, 3.05) is 13.6 Å². The van der Waals surface area contributed by atoms with Gasteiger partial charge < -0.3 is 15.3 Å². The van der Waals surface area contributed by atoms with Gasteiger partial charge in [0.05, 0.1) is 5.41 Å². The van der Waals surface area contributed by atoms with Crippen molar-refractivity contribution in [1.29, 1.82) is 0 Å². The number of amides is 2. The van der Waals surface area contributed by atoms with Crippen molar-refractivity contribution in [2.45, 2.75) is 58.4 Å². The zero-order valence-electron chi connectivity index (χ0n) is 13.1. The Hall–Kier alpha value is -1.59. The van der Waals surface area contributed by atoms with Gasteiger partial charge >= 0.3 is 5.97 Å². The van der Waals surface area contributed by atoms with E-state index in [0.29, 0.717) is 25.8 Å². The Morgan fingerprint density at radius 1 is 1.24 bits per heavy atom. The molecule has 0 aromatic carbocycles. The predicted octanol–water partition coefficient (Wildman–Crippen LogP) is 1.39. The highest BCUT2D eigenvalue weighted by molar-refractivity contribution is 5.90. The molecule has 2 amide bonds. The molecule has 1 unspecified atom stereocenters. The van der Waals surface area contributed by atoms with Crippen LogP contribution in [0.5, 0.6) is 0 Å². The van der Waals surface area contributed by atoms with Crippen LogP contribution in [0.3, 0.4) is 0 Å². The molecule has 6 heteroatoms. The highest BCUT2D eigenvalue weighted by Gasteiger charge is 2.40. The van der Waals surface area contributed by atoms with Gasteiger partial charge in [0.15, 0.2) is 0 Å². The maximum absolute atomic E-state index is 12.5. The molecule has 0 aromatic heterocycles. The maximum Gasteiger partial charge on any atom is 0.310 e. The molecule has 0 aromatic rings. The molecule has 0 radical (unpaired) electrons. The number of hydrogen-bond acceptors (Lipinski definition) is 3. The van der Waals surface area contributed by atoms with Crippen LogP contribution in [0.1, 0.15) is 52.4 Å². The van der Waals surface area contributed by atoms with Crippen LogP contribution < -0.4 is 5.32 Å². The van der Waals surface area contributed by atoms with E-state index in [2.05, 4.69) is 5.32 Å². The number of piperidine rings is 1. The molecule has 1 aliphatic rings. The number of aliphatic carboxylic acids is 1. The normalized spacial score (nSPS) is 19.2. The minimum Gasteiger partial charge on any atom is -0.481 e. The van der Waals surface area contributed by atoms with E-state index >= 15 is 0 Å². The number of nitrogens with zero attached hydrogens (tertiary/aromatic N) is 1. The van der Waals surface area contributed by atoms with Crippen LogP contribution in [-0.4, -0.2) is 47.4 Å². The van der Waals surface area contributed by atoms with E-state index in [4.69, 9.17) is 0 Å². The fourth-order valence-electron chi connectivity index (χ4n) is 2.94. The molecule has 0 spiro atoms. The summed E-state index contributed by atoms with van der Waals surface area (Å²) in [5, 5.41) is 12.0. The second kappa shape index (κ2) is 7.43. The Morgan fingerprint density at radius 2 is 1.86 bits per heavy atom. The summed E-state index contributed by atoms with van der Waals surface area (Å²) in [4.78, 5) is 37.5. The summed E-state index contributed by atoms with van der Waals surface area (Å²) in [6, 6.07) is -0.462. The first-order valence-electron chi connectivity index (χ1n) is 7.66. The number of likely N-dealkylation sites (N-methyl/N-ethyl adjacent to an activating group) is 1. The lowest BCUT2D eigenvalue weighted by Crippen LogP contribution is -2.52. The van der Waals surface area contributed by atoms with Crippen LogP contribution in [0.4, 0.5) is 0 Å². The molecule has 1 aliphatic heterocycles. The molecule has 1 saturated heterocycles.